The van der Waals surface area contributed by atoms with Gasteiger partial charge in [-0.3, -0.25) is 0 Å². The van der Waals surface area contributed by atoms with Crippen molar-refractivity contribution in [3.63, 3.8) is 0 Å². The predicted octanol–water partition coefficient (Wildman–Crippen LogP) is 4.02. The van der Waals surface area contributed by atoms with Gasteiger partial charge in [-0.1, -0.05) is 92.5 Å². The van der Waals surface area contributed by atoms with Crippen molar-refractivity contribution >= 4 is 7.82 Å². The van der Waals surface area contributed by atoms with Crippen molar-refractivity contribution in [2.24, 2.45) is 0 Å². The average molecular weight is 481 g/mol. The fraction of sp³-hybridized carbons (Fsp3) is 0.556. The molecule has 0 aliphatic carbocycles. The van der Waals surface area contributed by atoms with Gasteiger partial charge in [0.15, 0.2) is 0 Å². The zero-order chi connectivity index (χ0) is 23.9. The van der Waals surface area contributed by atoms with Crippen LogP contribution in [0.2, 0.25) is 0 Å². The van der Waals surface area contributed by atoms with Crippen LogP contribution in [0.3, 0.4) is 0 Å². The molecule has 1 aliphatic rings. The molecule has 0 atom stereocenters. The van der Waals surface area contributed by atoms with Gasteiger partial charge in [-0.05, 0) is 45.9 Å². The van der Waals surface area contributed by atoms with Crippen LogP contribution in [0.15, 0.2) is 24.3 Å². The van der Waals surface area contributed by atoms with Gasteiger partial charge in [0.1, 0.15) is 11.5 Å². The number of hydrogen-bond donors (Lipinski definition) is 0. The molecule has 1 heterocycles. The third kappa shape index (κ3) is 6.67. The van der Waals surface area contributed by atoms with E-state index in [0.717, 1.165) is 47.9 Å². The number of benzene rings is 2. The van der Waals surface area contributed by atoms with Gasteiger partial charge in [-0.25, -0.2) is 4.57 Å². The van der Waals surface area contributed by atoms with E-state index in [1.165, 1.54) is 11.1 Å². The van der Waals surface area contributed by atoms with Gasteiger partial charge < -0.3 is 13.9 Å². The van der Waals surface area contributed by atoms with E-state index in [1.54, 1.807) is 0 Å². The molecule has 0 amide bonds. The first-order valence-electron chi connectivity index (χ1n) is 11.8. The van der Waals surface area contributed by atoms with Crippen LogP contribution in [0.1, 0.15) is 102 Å². The maximum atomic E-state index is 13.1. The van der Waals surface area contributed by atoms with Crippen LogP contribution in [-0.2, 0) is 34.7 Å². The smallest absolute Gasteiger partial charge is 0.736 e. The molecule has 0 aromatic heterocycles. The molecule has 0 saturated heterocycles. The van der Waals surface area contributed by atoms with E-state index in [0.29, 0.717) is 17.9 Å². The molecule has 0 spiro atoms. The Kier molecular flexibility index (Phi) is 9.02. The third-order valence-electron chi connectivity index (χ3n) is 5.93. The summed E-state index contributed by atoms with van der Waals surface area (Å²) in [6, 6.07) is 8.43. The minimum atomic E-state index is -4.63. The van der Waals surface area contributed by atoms with Crippen molar-refractivity contribution in [3.05, 3.63) is 57.6 Å². The summed E-state index contributed by atoms with van der Waals surface area (Å²) in [5, 5.41) is 0. The molecule has 2 aromatic carbocycles. The van der Waals surface area contributed by atoms with E-state index in [1.807, 2.05) is 0 Å². The molecule has 0 N–H and O–H groups in total. The Labute approximate surface area is 222 Å². The van der Waals surface area contributed by atoms with E-state index < -0.39 is 7.82 Å². The summed E-state index contributed by atoms with van der Waals surface area (Å²) in [5.74, 6) is 0.860. The monoisotopic (exact) mass is 480 g/mol. The molecule has 33 heavy (non-hydrogen) atoms. The molecule has 1 aliphatic heterocycles. The van der Waals surface area contributed by atoms with Crippen molar-refractivity contribution in [2.45, 2.75) is 98.3 Å². The Balaban J connectivity index is 0.00000385. The van der Waals surface area contributed by atoms with Crippen LogP contribution in [0.5, 0.6) is 11.5 Å². The standard InChI is InChI=1S/C27H39O4P.Na/c1-9-11-18-13-20-17-21-14-19(12-10-2)16-23(27(6,7)8)25(21)31-32(28,29)30-24(20)22(15-18)26(3,4)5;/h13-16H,9-12,17H2,1-8H3,(H,28,29);/q;+1/p-1. The first kappa shape index (κ1) is 28.5. The quantitative estimate of drug-likeness (QED) is 0.490. The second-order valence-electron chi connectivity index (χ2n) is 11.1. The summed E-state index contributed by atoms with van der Waals surface area (Å²) in [6.07, 6.45) is 4.51. The first-order chi connectivity index (χ1) is 14.7. The van der Waals surface area contributed by atoms with Crippen LogP contribution < -0.4 is 43.5 Å². The van der Waals surface area contributed by atoms with Gasteiger partial charge in [0.05, 0.1) is 0 Å². The summed E-state index contributed by atoms with van der Waals surface area (Å²) in [5.41, 5.74) is 5.52. The average Bonchev–Trinajstić information content (AvgIpc) is 2.62. The van der Waals surface area contributed by atoms with E-state index >= 15 is 0 Å². The number of fused-ring (bicyclic) bond motifs is 2. The predicted molar refractivity (Wildman–Crippen MR) is 130 cm³/mol. The van der Waals surface area contributed by atoms with Crippen molar-refractivity contribution in [3.8, 4) is 11.5 Å². The van der Waals surface area contributed by atoms with Gasteiger partial charge in [0.25, 0.3) is 0 Å². The maximum Gasteiger partial charge on any atom is 1.00 e. The van der Waals surface area contributed by atoms with Crippen molar-refractivity contribution in [1.29, 1.82) is 0 Å². The number of rotatable bonds is 4. The fourth-order valence-electron chi connectivity index (χ4n) is 4.42. The van der Waals surface area contributed by atoms with Crippen LogP contribution in [0.25, 0.3) is 0 Å². The summed E-state index contributed by atoms with van der Waals surface area (Å²) in [7, 11) is -4.63. The number of phosphoric acid groups is 1. The fourth-order valence-corrected chi connectivity index (χ4v) is 5.33. The summed E-state index contributed by atoms with van der Waals surface area (Å²) in [4.78, 5) is 13.1. The van der Waals surface area contributed by atoms with E-state index in [-0.39, 0.29) is 40.4 Å². The number of aryl methyl sites for hydroxylation is 2. The molecule has 6 heteroatoms. The normalized spacial score (nSPS) is 15.2. The molecule has 0 bridgehead atoms. The molecule has 4 nitrogen and oxygen atoms in total. The minimum Gasteiger partial charge on any atom is -0.736 e. The Morgan fingerprint density at radius 3 is 1.45 bits per heavy atom. The van der Waals surface area contributed by atoms with Crippen LogP contribution in [0, 0.1) is 0 Å². The van der Waals surface area contributed by atoms with Crippen molar-refractivity contribution in [2.75, 3.05) is 0 Å². The second-order valence-corrected chi connectivity index (χ2v) is 12.3. The molecule has 0 radical (unpaired) electrons. The van der Waals surface area contributed by atoms with E-state index in [4.69, 9.17) is 9.05 Å². The Bertz CT molecular complexity index is 968. The molecule has 0 saturated carbocycles. The molecule has 176 valence electrons. The molecular formula is C27H38NaO4P. The maximum absolute atomic E-state index is 13.1. The van der Waals surface area contributed by atoms with Crippen molar-refractivity contribution in [1.82, 2.24) is 0 Å². The Morgan fingerprint density at radius 2 is 1.15 bits per heavy atom. The van der Waals surface area contributed by atoms with Gasteiger partial charge >= 0.3 is 37.4 Å². The van der Waals surface area contributed by atoms with Crippen LogP contribution in [-0.4, -0.2) is 0 Å². The first-order valence-corrected chi connectivity index (χ1v) is 13.2. The third-order valence-corrected chi connectivity index (χ3v) is 6.74. The minimum absolute atomic E-state index is 0. The summed E-state index contributed by atoms with van der Waals surface area (Å²) < 4.78 is 24.5. The molecule has 0 fully saturated rings. The van der Waals surface area contributed by atoms with Crippen LogP contribution in [0.4, 0.5) is 0 Å². The van der Waals surface area contributed by atoms with Gasteiger partial charge in [-0.2, -0.15) is 0 Å². The van der Waals surface area contributed by atoms with Crippen LogP contribution >= 0.6 is 7.82 Å². The van der Waals surface area contributed by atoms with Gasteiger partial charge in [-0.15, -0.1) is 0 Å². The zero-order valence-electron chi connectivity index (χ0n) is 21.9. The summed E-state index contributed by atoms with van der Waals surface area (Å²) >= 11 is 0. The van der Waals surface area contributed by atoms with Crippen molar-refractivity contribution < 1.29 is 48.1 Å². The SMILES string of the molecule is CCCc1cc2c(c(C(C)(C)C)c1)OP(=O)([O-])Oc1c(cc(CCC)cc1C(C)(C)C)C2.[Na+]. The van der Waals surface area contributed by atoms with E-state index in [2.05, 4.69) is 79.7 Å². The molecular weight excluding hydrogens is 442 g/mol. The largest absolute Gasteiger partial charge is 1.00 e. The molecule has 3 rings (SSSR count). The zero-order valence-corrected chi connectivity index (χ0v) is 24.8. The number of phosphoric ester groups is 1. The van der Waals surface area contributed by atoms with Gasteiger partial charge in [0.2, 0.25) is 0 Å². The van der Waals surface area contributed by atoms with E-state index in [9.17, 15) is 9.46 Å². The Hall–Kier alpha value is -0.770. The number of hydrogen-bond acceptors (Lipinski definition) is 4. The summed E-state index contributed by atoms with van der Waals surface area (Å²) in [6.45, 7) is 16.8. The molecule has 0 unspecified atom stereocenters. The van der Waals surface area contributed by atoms with Gasteiger partial charge in [0, 0.05) is 17.5 Å². The topological polar surface area (TPSA) is 58.6 Å². The Morgan fingerprint density at radius 1 is 0.788 bits per heavy atom. The molecule has 2 aromatic rings. The second kappa shape index (κ2) is 10.5.